The van der Waals surface area contributed by atoms with Crippen LogP contribution in [0.3, 0.4) is 0 Å². The van der Waals surface area contributed by atoms with Crippen LogP contribution in [0.1, 0.15) is 64.2 Å². The first-order chi connectivity index (χ1) is 13.8. The van der Waals surface area contributed by atoms with E-state index in [2.05, 4.69) is 103 Å². The highest BCUT2D eigenvalue weighted by Gasteiger charge is 2.27. The Morgan fingerprint density at radius 3 is 2.31 bits per heavy atom. The molecule has 1 aliphatic heterocycles. The maximum absolute atomic E-state index is 4.50. The van der Waals surface area contributed by atoms with Gasteiger partial charge in [0, 0.05) is 28.7 Å². The van der Waals surface area contributed by atoms with E-state index in [1.165, 1.54) is 39.2 Å². The van der Waals surface area contributed by atoms with Crippen molar-refractivity contribution >= 4 is 5.69 Å². The maximum Gasteiger partial charge on any atom is 0.0494 e. The van der Waals surface area contributed by atoms with Gasteiger partial charge in [-0.25, -0.2) is 0 Å². The molecule has 1 heterocycles. The van der Waals surface area contributed by atoms with Gasteiger partial charge < -0.3 is 4.90 Å². The van der Waals surface area contributed by atoms with E-state index in [0.29, 0.717) is 0 Å². The number of allylic oxidation sites excluding steroid dienone is 7. The van der Waals surface area contributed by atoms with Crippen LogP contribution in [0.25, 0.3) is 0 Å². The summed E-state index contributed by atoms with van der Waals surface area (Å²) in [6, 6.07) is 4.66. The molecule has 0 fully saturated rings. The molecule has 0 saturated carbocycles. The van der Waals surface area contributed by atoms with Crippen LogP contribution < -0.4 is 4.90 Å². The molecule has 0 aliphatic carbocycles. The van der Waals surface area contributed by atoms with Crippen LogP contribution in [-0.2, 0) is 6.42 Å². The maximum atomic E-state index is 4.50. The van der Waals surface area contributed by atoms with E-state index in [1.807, 2.05) is 0 Å². The van der Waals surface area contributed by atoms with Crippen LogP contribution in [0.15, 0.2) is 83.3 Å². The first-order valence-corrected chi connectivity index (χ1v) is 10.8. The summed E-state index contributed by atoms with van der Waals surface area (Å²) in [6.45, 7) is 24.1. The average molecular weight is 388 g/mol. The summed E-state index contributed by atoms with van der Waals surface area (Å²) >= 11 is 0. The minimum Gasteiger partial charge on any atom is -0.316 e. The van der Waals surface area contributed by atoms with Crippen molar-refractivity contribution in [1.29, 1.82) is 0 Å². The highest BCUT2D eigenvalue weighted by Crippen LogP contribution is 2.42. The van der Waals surface area contributed by atoms with Gasteiger partial charge in [0.1, 0.15) is 0 Å². The van der Waals surface area contributed by atoms with Crippen molar-refractivity contribution in [3.8, 4) is 0 Å². The Labute approximate surface area is 178 Å². The molecule has 0 unspecified atom stereocenters. The number of anilines is 1. The quantitative estimate of drug-likeness (QED) is 0.474. The lowest BCUT2D eigenvalue weighted by atomic mass is 9.84. The van der Waals surface area contributed by atoms with Crippen LogP contribution in [-0.4, -0.2) is 0 Å². The Balaban J connectivity index is 2.84. The Hall–Kier alpha value is -2.54. The van der Waals surface area contributed by atoms with Crippen LogP contribution in [0.4, 0.5) is 5.69 Å². The topological polar surface area (TPSA) is 3.24 Å². The van der Waals surface area contributed by atoms with Gasteiger partial charge in [0.15, 0.2) is 0 Å². The monoisotopic (exact) mass is 387 g/mol. The zero-order chi connectivity index (χ0) is 21.7. The van der Waals surface area contributed by atoms with Crippen molar-refractivity contribution in [2.75, 3.05) is 4.90 Å². The van der Waals surface area contributed by atoms with Gasteiger partial charge in [-0.05, 0) is 86.9 Å². The van der Waals surface area contributed by atoms with Gasteiger partial charge in [0.05, 0.1) is 0 Å². The average Bonchev–Trinajstić information content (AvgIpc) is 2.69. The zero-order valence-electron chi connectivity index (χ0n) is 19.4. The van der Waals surface area contributed by atoms with Gasteiger partial charge in [-0.1, -0.05) is 57.7 Å². The van der Waals surface area contributed by atoms with E-state index >= 15 is 0 Å². The highest BCUT2D eigenvalue weighted by atomic mass is 15.1. The van der Waals surface area contributed by atoms with Crippen LogP contribution >= 0.6 is 0 Å². The Morgan fingerprint density at radius 1 is 1.10 bits per heavy atom. The number of benzene rings is 1. The molecule has 154 valence electrons. The van der Waals surface area contributed by atoms with Gasteiger partial charge in [-0.15, -0.1) is 0 Å². The number of hydrogen-bond acceptors (Lipinski definition) is 1. The van der Waals surface area contributed by atoms with E-state index in [0.717, 1.165) is 36.0 Å². The summed E-state index contributed by atoms with van der Waals surface area (Å²) in [7, 11) is 0. The molecule has 1 heteroatoms. The second kappa shape index (κ2) is 9.78. The van der Waals surface area contributed by atoms with Crippen molar-refractivity contribution in [1.82, 2.24) is 0 Å². The summed E-state index contributed by atoms with van der Waals surface area (Å²) in [4.78, 5) is 2.36. The first-order valence-electron chi connectivity index (χ1n) is 10.8. The molecule has 1 nitrogen and oxygen atoms in total. The van der Waals surface area contributed by atoms with Crippen LogP contribution in [0.2, 0.25) is 0 Å². The fourth-order valence-corrected chi connectivity index (χ4v) is 4.05. The first kappa shape index (κ1) is 22.7. The SMILES string of the molecule is C=C(CCC)C1=CN(c2cc(C)c(C)cc2CC)C(=C/C)/C(=C(C)\C=C\C)C1=C. The number of hydrogen-bond donors (Lipinski definition) is 0. The smallest absolute Gasteiger partial charge is 0.0494 e. The summed E-state index contributed by atoms with van der Waals surface area (Å²) in [5, 5.41) is 0. The van der Waals surface area contributed by atoms with E-state index in [4.69, 9.17) is 0 Å². The molecule has 2 rings (SSSR count). The minimum atomic E-state index is 0.980. The minimum absolute atomic E-state index is 0.980. The molecule has 0 radical (unpaired) electrons. The standard InChI is InChI=1S/C28H37N/c1-10-14-19(5)25-18-29(27-17-22(8)21(7)16-24(27)12-3)26(13-4)28(23(25)9)20(6)15-11-2/h11,13,15-18H,5,9-10,12,14H2,1-4,6-8H3/b15-11+,26-13+,28-20-. The van der Waals surface area contributed by atoms with Crippen molar-refractivity contribution in [3.63, 3.8) is 0 Å². The van der Waals surface area contributed by atoms with Crippen molar-refractivity contribution in [2.45, 2.75) is 67.7 Å². The Morgan fingerprint density at radius 2 is 1.76 bits per heavy atom. The molecule has 0 saturated heterocycles. The van der Waals surface area contributed by atoms with E-state index in [-0.39, 0.29) is 0 Å². The summed E-state index contributed by atoms with van der Waals surface area (Å²) in [5.74, 6) is 0. The molecule has 0 bridgehead atoms. The molecule has 0 spiro atoms. The van der Waals surface area contributed by atoms with Crippen molar-refractivity contribution in [2.24, 2.45) is 0 Å². The Kier molecular flexibility index (Phi) is 7.67. The van der Waals surface area contributed by atoms with Crippen molar-refractivity contribution in [3.05, 3.63) is 100.0 Å². The lowest BCUT2D eigenvalue weighted by molar-refractivity contribution is 0.909. The lowest BCUT2D eigenvalue weighted by Crippen LogP contribution is -2.26. The highest BCUT2D eigenvalue weighted by molar-refractivity contribution is 5.76. The normalized spacial score (nSPS) is 17.9. The Bertz CT molecular complexity index is 931. The van der Waals surface area contributed by atoms with Crippen LogP contribution in [0.5, 0.6) is 0 Å². The third kappa shape index (κ3) is 4.56. The second-order valence-corrected chi connectivity index (χ2v) is 7.90. The number of aryl methyl sites for hydroxylation is 3. The van der Waals surface area contributed by atoms with Gasteiger partial charge in [0.25, 0.3) is 0 Å². The van der Waals surface area contributed by atoms with E-state index < -0.39 is 0 Å². The summed E-state index contributed by atoms with van der Waals surface area (Å²) < 4.78 is 0. The van der Waals surface area contributed by atoms with Gasteiger partial charge >= 0.3 is 0 Å². The third-order valence-electron chi connectivity index (χ3n) is 5.75. The predicted molar refractivity (Wildman–Crippen MR) is 130 cm³/mol. The molecule has 0 amide bonds. The van der Waals surface area contributed by atoms with E-state index in [1.54, 1.807) is 0 Å². The van der Waals surface area contributed by atoms with Crippen molar-refractivity contribution < 1.29 is 0 Å². The molecule has 0 atom stereocenters. The molecular weight excluding hydrogens is 350 g/mol. The second-order valence-electron chi connectivity index (χ2n) is 7.90. The number of nitrogens with zero attached hydrogens (tertiary/aromatic N) is 1. The molecule has 0 aromatic heterocycles. The fourth-order valence-electron chi connectivity index (χ4n) is 4.05. The summed E-state index contributed by atoms with van der Waals surface area (Å²) in [5.41, 5.74) is 12.3. The molecule has 1 aliphatic rings. The zero-order valence-corrected chi connectivity index (χ0v) is 19.4. The van der Waals surface area contributed by atoms with Crippen LogP contribution in [0, 0.1) is 13.8 Å². The molecular formula is C28H37N. The molecule has 0 N–H and O–H groups in total. The molecule has 1 aromatic carbocycles. The fraction of sp³-hybridized carbons (Fsp3) is 0.357. The lowest BCUT2D eigenvalue weighted by Gasteiger charge is -2.36. The molecule has 29 heavy (non-hydrogen) atoms. The van der Waals surface area contributed by atoms with E-state index in [9.17, 15) is 0 Å². The van der Waals surface area contributed by atoms with Gasteiger partial charge in [0.2, 0.25) is 0 Å². The third-order valence-corrected chi connectivity index (χ3v) is 5.75. The predicted octanol–water partition coefficient (Wildman–Crippen LogP) is 8.28. The van der Waals surface area contributed by atoms with Gasteiger partial charge in [-0.2, -0.15) is 0 Å². The number of rotatable bonds is 6. The largest absolute Gasteiger partial charge is 0.316 e. The van der Waals surface area contributed by atoms with Gasteiger partial charge in [-0.3, -0.25) is 0 Å². The molecule has 1 aromatic rings. The summed E-state index contributed by atoms with van der Waals surface area (Å²) in [6.07, 6.45) is 11.8.